The predicted octanol–water partition coefficient (Wildman–Crippen LogP) is 3.23. The Morgan fingerprint density at radius 2 is 2.07 bits per heavy atom. The summed E-state index contributed by atoms with van der Waals surface area (Å²) in [6, 6.07) is 10.9. The van der Waals surface area contributed by atoms with Crippen LogP contribution < -0.4 is 0 Å². The van der Waals surface area contributed by atoms with Crippen molar-refractivity contribution >= 4 is 0 Å². The Hall–Kier alpha value is -1.29. The van der Waals surface area contributed by atoms with Crippen LogP contribution >= 0.6 is 0 Å². The Balaban J connectivity index is 2.19. The van der Waals surface area contributed by atoms with Crippen LogP contribution in [0.5, 0.6) is 0 Å². The molecule has 1 nitrogen and oxygen atoms in total. The van der Waals surface area contributed by atoms with E-state index in [2.05, 4.69) is 37.3 Å². The van der Waals surface area contributed by atoms with Gasteiger partial charge in [-0.05, 0) is 37.3 Å². The molecule has 0 saturated heterocycles. The van der Waals surface area contributed by atoms with E-state index in [1.165, 1.54) is 17.5 Å². The lowest BCUT2D eigenvalue weighted by atomic mass is 9.66. The zero-order valence-electron chi connectivity index (χ0n) is 8.59. The Morgan fingerprint density at radius 3 is 2.57 bits per heavy atom. The fraction of sp³-hybridized carbons (Fsp3) is 0.462. The summed E-state index contributed by atoms with van der Waals surface area (Å²) < 4.78 is 0. The van der Waals surface area contributed by atoms with Crippen LogP contribution in [0.4, 0.5) is 0 Å². The fourth-order valence-electron chi connectivity index (χ4n) is 2.10. The van der Waals surface area contributed by atoms with Crippen molar-refractivity contribution in [2.75, 3.05) is 0 Å². The number of benzene rings is 1. The predicted molar refractivity (Wildman–Crippen MR) is 56.8 cm³/mol. The molecule has 1 fully saturated rings. The second kappa shape index (κ2) is 3.46. The van der Waals surface area contributed by atoms with E-state index in [1.807, 2.05) is 0 Å². The van der Waals surface area contributed by atoms with Gasteiger partial charge in [0.15, 0.2) is 0 Å². The molecule has 0 unspecified atom stereocenters. The summed E-state index contributed by atoms with van der Waals surface area (Å²) >= 11 is 0. The maximum atomic E-state index is 9.14. The molecule has 1 saturated carbocycles. The highest BCUT2D eigenvalue weighted by atomic mass is 14.4. The van der Waals surface area contributed by atoms with Gasteiger partial charge in [-0.25, -0.2) is 0 Å². The summed E-state index contributed by atoms with van der Waals surface area (Å²) in [5, 5.41) is 9.14. The SMILES string of the molecule is Cc1ccccc1CC1(C#N)CCC1. The fourth-order valence-corrected chi connectivity index (χ4v) is 2.10. The molecule has 0 atom stereocenters. The Kier molecular flexibility index (Phi) is 2.29. The third-order valence-corrected chi connectivity index (χ3v) is 3.34. The molecule has 1 heteroatoms. The molecule has 0 bridgehead atoms. The molecular weight excluding hydrogens is 170 g/mol. The van der Waals surface area contributed by atoms with Gasteiger partial charge in [-0.1, -0.05) is 30.7 Å². The summed E-state index contributed by atoms with van der Waals surface area (Å²) in [6.07, 6.45) is 4.32. The summed E-state index contributed by atoms with van der Waals surface area (Å²) in [5.41, 5.74) is 2.62. The van der Waals surface area contributed by atoms with Crippen LogP contribution in [0.1, 0.15) is 30.4 Å². The second-order valence-electron chi connectivity index (χ2n) is 4.35. The Morgan fingerprint density at radius 1 is 1.36 bits per heavy atom. The average molecular weight is 185 g/mol. The van der Waals surface area contributed by atoms with E-state index in [0.29, 0.717) is 0 Å². The third-order valence-electron chi connectivity index (χ3n) is 3.34. The smallest absolute Gasteiger partial charge is 0.0693 e. The van der Waals surface area contributed by atoms with Gasteiger partial charge >= 0.3 is 0 Å². The molecule has 1 aromatic rings. The van der Waals surface area contributed by atoms with E-state index >= 15 is 0 Å². The van der Waals surface area contributed by atoms with Crippen molar-refractivity contribution < 1.29 is 0 Å². The maximum Gasteiger partial charge on any atom is 0.0693 e. The van der Waals surface area contributed by atoms with Crippen LogP contribution in [0.15, 0.2) is 24.3 Å². The molecule has 2 rings (SSSR count). The van der Waals surface area contributed by atoms with Crippen molar-refractivity contribution in [1.29, 1.82) is 5.26 Å². The van der Waals surface area contributed by atoms with E-state index in [1.54, 1.807) is 0 Å². The molecule has 0 aromatic heterocycles. The normalized spacial score (nSPS) is 18.3. The molecular formula is C13H15N. The Labute approximate surface area is 85.4 Å². The zero-order valence-corrected chi connectivity index (χ0v) is 8.59. The highest BCUT2D eigenvalue weighted by molar-refractivity contribution is 5.28. The number of nitrogens with zero attached hydrogens (tertiary/aromatic N) is 1. The van der Waals surface area contributed by atoms with E-state index in [9.17, 15) is 0 Å². The molecule has 0 aliphatic heterocycles. The van der Waals surface area contributed by atoms with Crippen LogP contribution in [0.3, 0.4) is 0 Å². The lowest BCUT2D eigenvalue weighted by molar-refractivity contribution is 0.214. The molecule has 0 N–H and O–H groups in total. The molecule has 0 heterocycles. The number of rotatable bonds is 2. The first-order valence-electron chi connectivity index (χ1n) is 5.22. The van der Waals surface area contributed by atoms with Crippen molar-refractivity contribution in [3.63, 3.8) is 0 Å². The largest absolute Gasteiger partial charge is 0.198 e. The van der Waals surface area contributed by atoms with Crippen LogP contribution in [0.2, 0.25) is 0 Å². The number of nitriles is 1. The van der Waals surface area contributed by atoms with Gasteiger partial charge in [0.1, 0.15) is 0 Å². The quantitative estimate of drug-likeness (QED) is 0.694. The van der Waals surface area contributed by atoms with Crippen molar-refractivity contribution in [3.05, 3.63) is 35.4 Å². The van der Waals surface area contributed by atoms with Crippen molar-refractivity contribution in [3.8, 4) is 6.07 Å². The first-order valence-corrected chi connectivity index (χ1v) is 5.22. The molecule has 0 spiro atoms. The molecule has 0 radical (unpaired) electrons. The van der Waals surface area contributed by atoms with Gasteiger partial charge in [-0.15, -0.1) is 0 Å². The standard InChI is InChI=1S/C13H15N/c1-11-5-2-3-6-12(11)9-13(10-14)7-4-8-13/h2-3,5-6H,4,7-9H2,1H3. The van der Waals surface area contributed by atoms with E-state index in [-0.39, 0.29) is 5.41 Å². The highest BCUT2D eigenvalue weighted by Gasteiger charge is 2.37. The number of hydrogen-bond acceptors (Lipinski definition) is 1. The minimum Gasteiger partial charge on any atom is -0.198 e. The first-order chi connectivity index (χ1) is 6.76. The third kappa shape index (κ3) is 1.53. The topological polar surface area (TPSA) is 23.8 Å². The Bertz CT molecular complexity index is 369. The van der Waals surface area contributed by atoms with E-state index in [4.69, 9.17) is 5.26 Å². The van der Waals surface area contributed by atoms with Crippen LogP contribution in [0, 0.1) is 23.7 Å². The van der Waals surface area contributed by atoms with Gasteiger partial charge in [0.2, 0.25) is 0 Å². The van der Waals surface area contributed by atoms with Gasteiger partial charge in [-0.2, -0.15) is 5.26 Å². The zero-order chi connectivity index (χ0) is 10.0. The van der Waals surface area contributed by atoms with E-state index in [0.717, 1.165) is 19.3 Å². The molecule has 14 heavy (non-hydrogen) atoms. The van der Waals surface area contributed by atoms with Gasteiger partial charge in [0, 0.05) is 0 Å². The first kappa shape index (κ1) is 9.27. The molecule has 1 aromatic carbocycles. The molecule has 0 amide bonds. The number of hydrogen-bond donors (Lipinski definition) is 0. The lowest BCUT2D eigenvalue weighted by Crippen LogP contribution is -2.30. The summed E-state index contributed by atoms with van der Waals surface area (Å²) in [5.74, 6) is 0. The summed E-state index contributed by atoms with van der Waals surface area (Å²) in [7, 11) is 0. The minimum atomic E-state index is -0.0356. The second-order valence-corrected chi connectivity index (χ2v) is 4.35. The van der Waals surface area contributed by atoms with E-state index < -0.39 is 0 Å². The molecule has 1 aliphatic rings. The average Bonchev–Trinajstić information content (AvgIpc) is 2.14. The molecule has 72 valence electrons. The van der Waals surface area contributed by atoms with Crippen molar-refractivity contribution in [1.82, 2.24) is 0 Å². The maximum absolute atomic E-state index is 9.14. The highest BCUT2D eigenvalue weighted by Crippen LogP contribution is 2.43. The van der Waals surface area contributed by atoms with Gasteiger partial charge < -0.3 is 0 Å². The summed E-state index contributed by atoms with van der Waals surface area (Å²) in [6.45, 7) is 2.12. The van der Waals surface area contributed by atoms with Gasteiger partial charge in [-0.3, -0.25) is 0 Å². The lowest BCUT2D eigenvalue weighted by Gasteiger charge is -2.35. The van der Waals surface area contributed by atoms with Crippen LogP contribution in [-0.4, -0.2) is 0 Å². The molecule has 1 aliphatic carbocycles. The monoisotopic (exact) mass is 185 g/mol. The van der Waals surface area contributed by atoms with Crippen LogP contribution in [0.25, 0.3) is 0 Å². The summed E-state index contributed by atoms with van der Waals surface area (Å²) in [4.78, 5) is 0. The van der Waals surface area contributed by atoms with Gasteiger partial charge in [0.25, 0.3) is 0 Å². The van der Waals surface area contributed by atoms with Crippen molar-refractivity contribution in [2.45, 2.75) is 32.6 Å². The van der Waals surface area contributed by atoms with Crippen LogP contribution in [-0.2, 0) is 6.42 Å². The number of aryl methyl sites for hydroxylation is 1. The van der Waals surface area contributed by atoms with Crippen molar-refractivity contribution in [2.24, 2.45) is 5.41 Å². The minimum absolute atomic E-state index is 0.0356. The van der Waals surface area contributed by atoms with Gasteiger partial charge in [0.05, 0.1) is 11.5 Å².